The third kappa shape index (κ3) is 3.45. The zero-order chi connectivity index (χ0) is 13.0. The Balaban J connectivity index is 2.78. The molecule has 0 fully saturated rings. The van der Waals surface area contributed by atoms with E-state index in [2.05, 4.69) is 5.32 Å². The van der Waals surface area contributed by atoms with E-state index in [4.69, 9.17) is 17.3 Å². The number of nitrogens with two attached hydrogens (primary N) is 1. The van der Waals surface area contributed by atoms with Gasteiger partial charge in [0.15, 0.2) is 0 Å². The third-order valence-electron chi connectivity index (χ3n) is 3.09. The van der Waals surface area contributed by atoms with Gasteiger partial charge in [0.2, 0.25) is 5.91 Å². The van der Waals surface area contributed by atoms with E-state index in [1.54, 1.807) is 12.1 Å². The van der Waals surface area contributed by atoms with Crippen LogP contribution in [0, 0.1) is 12.8 Å². The molecule has 4 heteroatoms. The number of halogens is 1. The zero-order valence-electron chi connectivity index (χ0n) is 10.5. The van der Waals surface area contributed by atoms with Gasteiger partial charge >= 0.3 is 0 Å². The fourth-order valence-corrected chi connectivity index (χ4v) is 1.65. The number of benzene rings is 1. The normalized spacial score (nSPS) is 14.2. The van der Waals surface area contributed by atoms with Crippen LogP contribution in [0.25, 0.3) is 0 Å². The molecule has 0 saturated carbocycles. The number of hydrogen-bond acceptors (Lipinski definition) is 2. The van der Waals surface area contributed by atoms with E-state index < -0.39 is 6.04 Å². The molecule has 1 aromatic carbocycles. The maximum absolute atomic E-state index is 11.9. The fourth-order valence-electron chi connectivity index (χ4n) is 1.47. The molecule has 0 radical (unpaired) electrons. The van der Waals surface area contributed by atoms with Crippen molar-refractivity contribution in [2.45, 2.75) is 33.2 Å². The van der Waals surface area contributed by atoms with Gasteiger partial charge in [0.05, 0.1) is 6.04 Å². The van der Waals surface area contributed by atoms with Crippen LogP contribution < -0.4 is 11.1 Å². The first-order chi connectivity index (χ1) is 7.97. The Bertz CT molecular complexity index is 406. The summed E-state index contributed by atoms with van der Waals surface area (Å²) < 4.78 is 0. The first-order valence-electron chi connectivity index (χ1n) is 5.79. The van der Waals surface area contributed by atoms with E-state index in [0.717, 1.165) is 17.7 Å². The van der Waals surface area contributed by atoms with E-state index in [0.29, 0.717) is 5.02 Å². The molecule has 3 nitrogen and oxygen atoms in total. The highest BCUT2D eigenvalue weighted by atomic mass is 35.5. The number of hydrogen-bond donors (Lipinski definition) is 2. The van der Waals surface area contributed by atoms with Crippen LogP contribution in [-0.2, 0) is 4.79 Å². The van der Waals surface area contributed by atoms with Crippen LogP contribution in [-0.4, -0.2) is 11.9 Å². The average molecular weight is 255 g/mol. The summed E-state index contributed by atoms with van der Waals surface area (Å²) in [6, 6.07) is 4.93. The Morgan fingerprint density at radius 2 is 2.18 bits per heavy atom. The highest BCUT2D eigenvalue weighted by Gasteiger charge is 2.19. The second-order valence-electron chi connectivity index (χ2n) is 4.31. The SMILES string of the molecule is CC[C@H](C)[C@H](N)C(=O)Nc1cccc(Cl)c1C. The lowest BCUT2D eigenvalue weighted by molar-refractivity contribution is -0.118. The van der Waals surface area contributed by atoms with Crippen molar-refractivity contribution >= 4 is 23.2 Å². The molecule has 0 aliphatic rings. The van der Waals surface area contributed by atoms with Gasteiger partial charge < -0.3 is 11.1 Å². The molecule has 0 heterocycles. The summed E-state index contributed by atoms with van der Waals surface area (Å²) in [6.45, 7) is 5.85. The Kier molecular flexibility index (Phi) is 4.97. The Hall–Kier alpha value is -1.06. The van der Waals surface area contributed by atoms with Crippen LogP contribution in [0.1, 0.15) is 25.8 Å². The minimum Gasteiger partial charge on any atom is -0.324 e. The maximum atomic E-state index is 11.9. The summed E-state index contributed by atoms with van der Waals surface area (Å²) in [4.78, 5) is 11.9. The van der Waals surface area contributed by atoms with Crippen LogP contribution in [0.15, 0.2) is 18.2 Å². The van der Waals surface area contributed by atoms with Crippen LogP contribution in [0.2, 0.25) is 5.02 Å². The van der Waals surface area contributed by atoms with Crippen LogP contribution in [0.4, 0.5) is 5.69 Å². The minimum atomic E-state index is -0.488. The van der Waals surface area contributed by atoms with Gasteiger partial charge in [-0.2, -0.15) is 0 Å². The van der Waals surface area contributed by atoms with Crippen molar-refractivity contribution in [3.8, 4) is 0 Å². The fraction of sp³-hybridized carbons (Fsp3) is 0.462. The number of carbonyl (C=O) groups is 1. The molecular formula is C13H19ClN2O. The molecule has 0 unspecified atom stereocenters. The molecule has 0 spiro atoms. The average Bonchev–Trinajstić information content (AvgIpc) is 2.32. The second-order valence-corrected chi connectivity index (χ2v) is 4.72. The molecule has 94 valence electrons. The predicted octanol–water partition coefficient (Wildman–Crippen LogP) is 2.96. The van der Waals surface area contributed by atoms with Gasteiger partial charge in [-0.3, -0.25) is 4.79 Å². The smallest absolute Gasteiger partial charge is 0.241 e. The van der Waals surface area contributed by atoms with Gasteiger partial charge in [-0.25, -0.2) is 0 Å². The molecule has 1 rings (SSSR count). The number of amides is 1. The predicted molar refractivity (Wildman–Crippen MR) is 72.2 cm³/mol. The molecule has 17 heavy (non-hydrogen) atoms. The second kappa shape index (κ2) is 6.03. The Labute approximate surface area is 107 Å². The van der Waals surface area contributed by atoms with Crippen LogP contribution >= 0.6 is 11.6 Å². The molecule has 0 saturated heterocycles. The number of carbonyl (C=O) groups excluding carboxylic acids is 1. The molecule has 2 atom stereocenters. The summed E-state index contributed by atoms with van der Waals surface area (Å²) in [7, 11) is 0. The summed E-state index contributed by atoms with van der Waals surface area (Å²) in [5, 5.41) is 3.46. The summed E-state index contributed by atoms with van der Waals surface area (Å²) >= 11 is 5.98. The third-order valence-corrected chi connectivity index (χ3v) is 3.49. The van der Waals surface area contributed by atoms with Gasteiger partial charge in [-0.15, -0.1) is 0 Å². The van der Waals surface area contributed by atoms with Crippen molar-refractivity contribution in [1.29, 1.82) is 0 Å². The van der Waals surface area contributed by atoms with Crippen molar-refractivity contribution in [3.63, 3.8) is 0 Å². The molecule has 0 bridgehead atoms. The van der Waals surface area contributed by atoms with Crippen LogP contribution in [0.3, 0.4) is 0 Å². The summed E-state index contributed by atoms with van der Waals surface area (Å²) in [6.07, 6.45) is 0.878. The molecule has 0 aliphatic heterocycles. The monoisotopic (exact) mass is 254 g/mol. The van der Waals surface area contributed by atoms with Crippen molar-refractivity contribution in [2.24, 2.45) is 11.7 Å². The summed E-state index contributed by atoms with van der Waals surface area (Å²) in [5.41, 5.74) is 7.45. The first kappa shape index (κ1) is 14.0. The summed E-state index contributed by atoms with van der Waals surface area (Å²) in [5.74, 6) is -0.000734. The number of rotatable bonds is 4. The Morgan fingerprint density at radius 1 is 1.53 bits per heavy atom. The van der Waals surface area contributed by atoms with Crippen molar-refractivity contribution in [2.75, 3.05) is 5.32 Å². The van der Waals surface area contributed by atoms with Crippen molar-refractivity contribution < 1.29 is 4.79 Å². The molecular weight excluding hydrogens is 236 g/mol. The minimum absolute atomic E-state index is 0.162. The van der Waals surface area contributed by atoms with Gasteiger partial charge in [-0.1, -0.05) is 37.9 Å². The zero-order valence-corrected chi connectivity index (χ0v) is 11.2. The van der Waals surface area contributed by atoms with E-state index >= 15 is 0 Å². The van der Waals surface area contributed by atoms with Crippen LogP contribution in [0.5, 0.6) is 0 Å². The molecule has 0 aliphatic carbocycles. The van der Waals surface area contributed by atoms with E-state index in [1.807, 2.05) is 26.8 Å². The number of nitrogens with one attached hydrogen (secondary N) is 1. The lowest BCUT2D eigenvalue weighted by atomic mass is 9.99. The highest BCUT2D eigenvalue weighted by Crippen LogP contribution is 2.23. The van der Waals surface area contributed by atoms with E-state index in [-0.39, 0.29) is 11.8 Å². The van der Waals surface area contributed by atoms with Gasteiger partial charge in [0, 0.05) is 10.7 Å². The topological polar surface area (TPSA) is 55.1 Å². The molecule has 3 N–H and O–H groups in total. The van der Waals surface area contributed by atoms with Gasteiger partial charge in [0.1, 0.15) is 0 Å². The number of anilines is 1. The van der Waals surface area contributed by atoms with Crippen molar-refractivity contribution in [3.05, 3.63) is 28.8 Å². The highest BCUT2D eigenvalue weighted by molar-refractivity contribution is 6.31. The molecule has 1 amide bonds. The van der Waals surface area contributed by atoms with Crippen molar-refractivity contribution in [1.82, 2.24) is 0 Å². The largest absolute Gasteiger partial charge is 0.324 e. The standard InChI is InChI=1S/C13H19ClN2O/c1-4-8(2)12(15)13(17)16-11-7-5-6-10(14)9(11)3/h5-8,12H,4,15H2,1-3H3,(H,16,17)/t8-,12-/m0/s1. The molecule has 1 aromatic rings. The van der Waals surface area contributed by atoms with E-state index in [9.17, 15) is 4.79 Å². The van der Waals surface area contributed by atoms with Gasteiger partial charge in [0.25, 0.3) is 0 Å². The molecule has 0 aromatic heterocycles. The van der Waals surface area contributed by atoms with E-state index in [1.165, 1.54) is 0 Å². The Morgan fingerprint density at radius 3 is 2.76 bits per heavy atom. The quantitative estimate of drug-likeness (QED) is 0.868. The lowest BCUT2D eigenvalue weighted by Crippen LogP contribution is -2.40. The van der Waals surface area contributed by atoms with Gasteiger partial charge in [-0.05, 0) is 30.5 Å². The first-order valence-corrected chi connectivity index (χ1v) is 6.16. The maximum Gasteiger partial charge on any atom is 0.241 e. The lowest BCUT2D eigenvalue weighted by Gasteiger charge is -2.18.